The smallest absolute Gasteiger partial charge is 0.111 e. The molecule has 10 heavy (non-hydrogen) atoms. The van der Waals surface area contributed by atoms with Crippen molar-refractivity contribution in [3.05, 3.63) is 30.1 Å². The third-order valence-corrected chi connectivity index (χ3v) is 1.65. The predicted molar refractivity (Wildman–Crippen MR) is 40.2 cm³/mol. The van der Waals surface area contributed by atoms with Crippen LogP contribution in [-0.4, -0.2) is 4.98 Å². The molecule has 0 unspecified atom stereocenters. The summed E-state index contributed by atoms with van der Waals surface area (Å²) in [5.41, 5.74) is 5.21. The molecule has 2 heteroatoms. The molecule has 0 aliphatic heterocycles. The van der Waals surface area contributed by atoms with Crippen LogP contribution in [0.4, 0.5) is 0 Å². The van der Waals surface area contributed by atoms with Gasteiger partial charge in [-0.05, 0) is 6.07 Å². The number of pyridine rings is 1. The Kier molecular flexibility index (Phi) is 2.40. The lowest BCUT2D eigenvalue weighted by atomic mass is 10.1. The van der Waals surface area contributed by atoms with Crippen molar-refractivity contribution >= 4 is 0 Å². The lowest BCUT2D eigenvalue weighted by Gasteiger charge is -2.02. The van der Waals surface area contributed by atoms with Crippen LogP contribution in [-0.2, 0) is 0 Å². The highest BCUT2D eigenvalue weighted by molar-refractivity contribution is 5.10. The summed E-state index contributed by atoms with van der Waals surface area (Å²) in [7, 11) is 0. The molecule has 3 N–H and O–H groups in total. The number of nitrogens with zero attached hydrogens (tertiary/aromatic N) is 1. The van der Waals surface area contributed by atoms with Gasteiger partial charge in [0.1, 0.15) is 6.04 Å². The second-order valence-corrected chi connectivity index (χ2v) is 2.39. The van der Waals surface area contributed by atoms with Crippen LogP contribution < -0.4 is 5.73 Å². The summed E-state index contributed by atoms with van der Waals surface area (Å²) in [4.78, 5) is 4.01. The van der Waals surface area contributed by atoms with Crippen molar-refractivity contribution in [1.29, 1.82) is 0 Å². The number of aromatic nitrogens is 1. The van der Waals surface area contributed by atoms with Gasteiger partial charge in [-0.1, -0.05) is 13.0 Å². The molecule has 0 amide bonds. The minimum atomic E-state index is 0.397. The zero-order valence-corrected chi connectivity index (χ0v) is 6.25. The molecule has 1 atom stereocenters. The quantitative estimate of drug-likeness (QED) is 0.642. The lowest BCUT2D eigenvalue weighted by molar-refractivity contribution is -0.427. The molecule has 0 aliphatic rings. The first-order valence-electron chi connectivity index (χ1n) is 3.57. The van der Waals surface area contributed by atoms with Gasteiger partial charge in [-0.25, -0.2) is 0 Å². The Morgan fingerprint density at radius 3 is 3.00 bits per heavy atom. The molecule has 54 valence electrons. The largest absolute Gasteiger partial charge is 0.351 e. The average Bonchev–Trinajstić information content (AvgIpc) is 2.05. The minimum absolute atomic E-state index is 0.397. The number of quaternary nitrogens is 1. The summed E-state index contributed by atoms with van der Waals surface area (Å²) in [6.45, 7) is 2.13. The van der Waals surface area contributed by atoms with Gasteiger partial charge in [-0.15, -0.1) is 0 Å². The van der Waals surface area contributed by atoms with E-state index in [2.05, 4.69) is 23.7 Å². The van der Waals surface area contributed by atoms with E-state index in [0.29, 0.717) is 6.04 Å². The summed E-state index contributed by atoms with van der Waals surface area (Å²) < 4.78 is 0. The maximum absolute atomic E-state index is 4.01. The fourth-order valence-electron chi connectivity index (χ4n) is 0.853. The second-order valence-electron chi connectivity index (χ2n) is 2.39. The Labute approximate surface area is 61.1 Å². The van der Waals surface area contributed by atoms with Crippen LogP contribution in [0.2, 0.25) is 0 Å². The number of hydrogen-bond acceptors (Lipinski definition) is 1. The maximum Gasteiger partial charge on any atom is 0.111 e. The second kappa shape index (κ2) is 3.32. The van der Waals surface area contributed by atoms with Crippen LogP contribution in [0.5, 0.6) is 0 Å². The third kappa shape index (κ3) is 1.54. The van der Waals surface area contributed by atoms with E-state index in [9.17, 15) is 0 Å². The highest BCUT2D eigenvalue weighted by Crippen LogP contribution is 2.07. The van der Waals surface area contributed by atoms with Gasteiger partial charge in [-0.2, -0.15) is 0 Å². The fourth-order valence-corrected chi connectivity index (χ4v) is 0.853. The molecular formula is C8H13N2+. The molecule has 0 spiro atoms. The third-order valence-electron chi connectivity index (χ3n) is 1.65. The Bertz CT molecular complexity index is 184. The average molecular weight is 137 g/mol. The number of rotatable bonds is 2. The molecule has 1 aromatic rings. The van der Waals surface area contributed by atoms with Gasteiger partial charge in [0.25, 0.3) is 0 Å². The van der Waals surface area contributed by atoms with E-state index in [0.717, 1.165) is 6.42 Å². The summed E-state index contributed by atoms with van der Waals surface area (Å²) in [5.74, 6) is 0. The highest BCUT2D eigenvalue weighted by atomic mass is 14.7. The van der Waals surface area contributed by atoms with Gasteiger partial charge < -0.3 is 5.73 Å². The molecular weight excluding hydrogens is 124 g/mol. The Morgan fingerprint density at radius 2 is 2.50 bits per heavy atom. The Balaban J connectivity index is 2.75. The monoisotopic (exact) mass is 137 g/mol. The van der Waals surface area contributed by atoms with E-state index in [-0.39, 0.29) is 0 Å². The van der Waals surface area contributed by atoms with E-state index >= 15 is 0 Å². The minimum Gasteiger partial charge on any atom is -0.351 e. The zero-order chi connectivity index (χ0) is 7.40. The van der Waals surface area contributed by atoms with Crippen LogP contribution >= 0.6 is 0 Å². The summed E-state index contributed by atoms with van der Waals surface area (Å²) in [6, 6.07) is 4.41. The van der Waals surface area contributed by atoms with E-state index < -0.39 is 0 Å². The fraction of sp³-hybridized carbons (Fsp3) is 0.375. The molecule has 0 aliphatic carbocycles. The Hall–Kier alpha value is -0.890. The first kappa shape index (κ1) is 7.22. The molecule has 0 saturated carbocycles. The van der Waals surface area contributed by atoms with Gasteiger partial charge >= 0.3 is 0 Å². The number of hydrogen-bond donors (Lipinski definition) is 1. The molecule has 0 radical (unpaired) electrons. The predicted octanol–water partition coefficient (Wildman–Crippen LogP) is 0.775. The van der Waals surface area contributed by atoms with Crippen molar-refractivity contribution < 1.29 is 5.73 Å². The van der Waals surface area contributed by atoms with E-state index in [1.807, 2.05) is 12.3 Å². The molecule has 0 aromatic carbocycles. The van der Waals surface area contributed by atoms with E-state index in [1.54, 1.807) is 6.20 Å². The van der Waals surface area contributed by atoms with E-state index in [1.165, 1.54) is 5.56 Å². The normalized spacial score (nSPS) is 13.0. The summed E-state index contributed by atoms with van der Waals surface area (Å²) in [5, 5.41) is 0. The maximum atomic E-state index is 4.01. The molecule has 0 fully saturated rings. The van der Waals surface area contributed by atoms with Crippen molar-refractivity contribution in [2.75, 3.05) is 0 Å². The summed E-state index contributed by atoms with van der Waals surface area (Å²) >= 11 is 0. The first-order valence-corrected chi connectivity index (χ1v) is 3.57. The lowest BCUT2D eigenvalue weighted by Crippen LogP contribution is -2.53. The van der Waals surface area contributed by atoms with Crippen molar-refractivity contribution in [1.82, 2.24) is 4.98 Å². The van der Waals surface area contributed by atoms with Gasteiger partial charge in [0.05, 0.1) is 0 Å². The highest BCUT2D eigenvalue weighted by Gasteiger charge is 2.04. The topological polar surface area (TPSA) is 40.5 Å². The van der Waals surface area contributed by atoms with Gasteiger partial charge in [0, 0.05) is 24.4 Å². The van der Waals surface area contributed by atoms with Crippen molar-refractivity contribution in [3.8, 4) is 0 Å². The van der Waals surface area contributed by atoms with Crippen LogP contribution in [0, 0.1) is 0 Å². The SMILES string of the molecule is CC[C@H]([NH3+])c1cccnc1. The van der Waals surface area contributed by atoms with Crippen LogP contribution in [0.3, 0.4) is 0 Å². The molecule has 1 aromatic heterocycles. The molecule has 1 rings (SSSR count). The molecule has 0 bridgehead atoms. The molecule has 1 heterocycles. The van der Waals surface area contributed by atoms with Crippen LogP contribution in [0.25, 0.3) is 0 Å². The molecule has 0 saturated heterocycles. The first-order chi connectivity index (χ1) is 4.84. The van der Waals surface area contributed by atoms with Gasteiger partial charge in [0.15, 0.2) is 0 Å². The van der Waals surface area contributed by atoms with Crippen molar-refractivity contribution in [3.63, 3.8) is 0 Å². The molecule has 2 nitrogen and oxygen atoms in total. The standard InChI is InChI=1S/C8H12N2/c1-2-8(9)7-4-3-5-10-6-7/h3-6,8H,2,9H2,1H3/p+1/t8-/m0/s1. The van der Waals surface area contributed by atoms with Crippen molar-refractivity contribution in [2.24, 2.45) is 0 Å². The van der Waals surface area contributed by atoms with Crippen molar-refractivity contribution in [2.45, 2.75) is 19.4 Å². The Morgan fingerprint density at radius 1 is 1.70 bits per heavy atom. The summed E-state index contributed by atoms with van der Waals surface area (Å²) in [6.07, 6.45) is 4.73. The van der Waals surface area contributed by atoms with Crippen LogP contribution in [0.15, 0.2) is 24.5 Å². The van der Waals surface area contributed by atoms with Crippen LogP contribution in [0.1, 0.15) is 24.9 Å². The zero-order valence-electron chi connectivity index (χ0n) is 6.25. The van der Waals surface area contributed by atoms with E-state index in [4.69, 9.17) is 0 Å². The van der Waals surface area contributed by atoms with Gasteiger partial charge in [-0.3, -0.25) is 4.98 Å². The van der Waals surface area contributed by atoms with Gasteiger partial charge in [0.2, 0.25) is 0 Å².